The van der Waals surface area contributed by atoms with Crippen molar-refractivity contribution in [2.45, 2.75) is 0 Å². The summed E-state index contributed by atoms with van der Waals surface area (Å²) in [6.07, 6.45) is 3.40. The molecule has 4 rings (SSSR count). The predicted octanol–water partition coefficient (Wildman–Crippen LogP) is 3.84. The first kappa shape index (κ1) is 11.7. The molecule has 0 saturated heterocycles. The van der Waals surface area contributed by atoms with Crippen molar-refractivity contribution in [3.05, 3.63) is 65.0 Å². The fraction of sp³-hybridized carbons (Fsp3) is 0. The summed E-state index contributed by atoms with van der Waals surface area (Å²) in [5.41, 5.74) is 1.30. The van der Waals surface area contributed by atoms with Crippen LogP contribution in [-0.2, 0) is 0 Å². The van der Waals surface area contributed by atoms with Gasteiger partial charge in [-0.3, -0.25) is 15.1 Å². The molecule has 0 unspecified atom stereocenters. The molecule has 0 spiro atoms. The fourth-order valence-corrected chi connectivity index (χ4v) is 2.71. The minimum Gasteiger partial charge on any atom is -0.258 e. The molecule has 0 aliphatic rings. The van der Waals surface area contributed by atoms with Crippen molar-refractivity contribution < 1.29 is 4.92 Å². The van der Waals surface area contributed by atoms with Crippen molar-refractivity contribution in [2.24, 2.45) is 0 Å². The van der Waals surface area contributed by atoms with Gasteiger partial charge in [0.25, 0.3) is 5.69 Å². The molecule has 0 amide bonds. The van der Waals surface area contributed by atoms with E-state index in [1.807, 2.05) is 30.3 Å². The second-order valence-electron chi connectivity index (χ2n) is 4.79. The normalized spacial score (nSPS) is 11.2. The Morgan fingerprint density at radius 1 is 0.905 bits per heavy atom. The highest BCUT2D eigenvalue weighted by Gasteiger charge is 2.15. The van der Waals surface area contributed by atoms with Crippen LogP contribution in [0.1, 0.15) is 0 Å². The maximum Gasteiger partial charge on any atom is 0.295 e. The average Bonchev–Trinajstić information content (AvgIpc) is 2.53. The first-order valence-electron chi connectivity index (χ1n) is 6.45. The van der Waals surface area contributed by atoms with E-state index in [9.17, 15) is 10.1 Å². The van der Waals surface area contributed by atoms with E-state index in [1.54, 1.807) is 18.5 Å². The van der Waals surface area contributed by atoms with Gasteiger partial charge in [0.05, 0.1) is 10.4 Å². The summed E-state index contributed by atoms with van der Waals surface area (Å²) < 4.78 is 0. The number of rotatable bonds is 1. The summed E-state index contributed by atoms with van der Waals surface area (Å²) >= 11 is 0. The Kier molecular flexibility index (Phi) is 2.35. The molecular weight excluding hydrogens is 266 g/mol. The van der Waals surface area contributed by atoms with Gasteiger partial charge >= 0.3 is 0 Å². The van der Waals surface area contributed by atoms with Crippen LogP contribution in [-0.4, -0.2) is 14.9 Å². The van der Waals surface area contributed by atoms with Crippen molar-refractivity contribution in [1.82, 2.24) is 9.97 Å². The van der Waals surface area contributed by atoms with E-state index < -0.39 is 4.92 Å². The Labute approximate surface area is 119 Å². The zero-order valence-corrected chi connectivity index (χ0v) is 10.9. The van der Waals surface area contributed by atoms with E-state index in [4.69, 9.17) is 0 Å². The number of fused-ring (bicyclic) bond motifs is 5. The molecule has 0 atom stereocenters. The summed E-state index contributed by atoms with van der Waals surface area (Å²) in [7, 11) is 0. The molecule has 5 nitrogen and oxygen atoms in total. The van der Waals surface area contributed by atoms with Crippen LogP contribution in [0.3, 0.4) is 0 Å². The summed E-state index contributed by atoms with van der Waals surface area (Å²) in [4.78, 5) is 19.4. The summed E-state index contributed by atoms with van der Waals surface area (Å²) in [5, 5.41) is 14.8. The lowest BCUT2D eigenvalue weighted by Crippen LogP contribution is -1.92. The van der Waals surface area contributed by atoms with E-state index in [0.717, 1.165) is 27.1 Å². The van der Waals surface area contributed by atoms with Gasteiger partial charge in [-0.05, 0) is 6.07 Å². The number of hydrogen-bond donors (Lipinski definition) is 0. The minimum atomic E-state index is -0.398. The number of hydrogen-bond acceptors (Lipinski definition) is 4. The summed E-state index contributed by atoms with van der Waals surface area (Å²) in [6, 6.07) is 12.8. The van der Waals surface area contributed by atoms with Crippen LogP contribution in [0.2, 0.25) is 0 Å². The third-order valence-electron chi connectivity index (χ3n) is 3.62. The van der Waals surface area contributed by atoms with E-state index in [-0.39, 0.29) is 5.69 Å². The standard InChI is InChI=1S/C16H9N3O2/c20-19(21)14-7-3-5-12-15-10(9-18-16(12)14)8-17-13-6-2-1-4-11(13)15/h1-9H. The second-order valence-corrected chi connectivity index (χ2v) is 4.79. The van der Waals surface area contributed by atoms with Gasteiger partial charge in [-0.2, -0.15) is 0 Å². The monoisotopic (exact) mass is 275 g/mol. The van der Waals surface area contributed by atoms with Crippen molar-refractivity contribution in [2.75, 3.05) is 0 Å². The molecule has 21 heavy (non-hydrogen) atoms. The molecule has 0 aliphatic heterocycles. The smallest absolute Gasteiger partial charge is 0.258 e. The van der Waals surface area contributed by atoms with Crippen molar-refractivity contribution in [3.8, 4) is 0 Å². The highest BCUT2D eigenvalue weighted by Crippen LogP contribution is 2.33. The molecule has 2 heterocycles. The van der Waals surface area contributed by atoms with Gasteiger partial charge in [0.1, 0.15) is 5.52 Å². The van der Waals surface area contributed by atoms with Gasteiger partial charge in [-0.25, -0.2) is 4.98 Å². The fourth-order valence-electron chi connectivity index (χ4n) is 2.71. The molecule has 0 aliphatic carbocycles. The van der Waals surface area contributed by atoms with E-state index in [1.165, 1.54) is 6.07 Å². The largest absolute Gasteiger partial charge is 0.295 e. The predicted molar refractivity (Wildman–Crippen MR) is 81.2 cm³/mol. The highest BCUT2D eigenvalue weighted by atomic mass is 16.6. The number of nitrogens with zero attached hydrogens (tertiary/aromatic N) is 3. The van der Waals surface area contributed by atoms with Gasteiger partial charge in [-0.1, -0.05) is 30.3 Å². The lowest BCUT2D eigenvalue weighted by atomic mass is 10.0. The minimum absolute atomic E-state index is 0.0234. The van der Waals surface area contributed by atoms with Crippen LogP contribution in [0.4, 0.5) is 5.69 Å². The molecule has 0 saturated carbocycles. The average molecular weight is 275 g/mol. The van der Waals surface area contributed by atoms with Gasteiger partial charge in [0.2, 0.25) is 0 Å². The molecule has 0 N–H and O–H groups in total. The molecule has 0 radical (unpaired) electrons. The topological polar surface area (TPSA) is 68.9 Å². The molecule has 2 aromatic carbocycles. The molecule has 2 aromatic heterocycles. The first-order valence-corrected chi connectivity index (χ1v) is 6.45. The number of benzene rings is 2. The lowest BCUT2D eigenvalue weighted by molar-refractivity contribution is -0.383. The molecule has 0 fully saturated rings. The van der Waals surface area contributed by atoms with Crippen molar-refractivity contribution in [3.63, 3.8) is 0 Å². The Hall–Kier alpha value is -3.08. The Balaban J connectivity index is 2.30. The first-order chi connectivity index (χ1) is 10.3. The lowest BCUT2D eigenvalue weighted by Gasteiger charge is -2.06. The number of nitro benzene ring substituents is 1. The maximum absolute atomic E-state index is 11.2. The molecule has 5 heteroatoms. The van der Waals surface area contributed by atoms with Gasteiger partial charge in [0.15, 0.2) is 0 Å². The van der Waals surface area contributed by atoms with E-state index in [0.29, 0.717) is 5.52 Å². The van der Waals surface area contributed by atoms with Crippen molar-refractivity contribution >= 4 is 38.3 Å². The maximum atomic E-state index is 11.2. The third-order valence-corrected chi connectivity index (χ3v) is 3.62. The number of para-hydroxylation sites is 2. The number of pyridine rings is 2. The van der Waals surface area contributed by atoms with Crippen LogP contribution in [0.25, 0.3) is 32.6 Å². The number of non-ortho nitro benzene ring substituents is 1. The zero-order valence-electron chi connectivity index (χ0n) is 10.9. The van der Waals surface area contributed by atoms with E-state index in [2.05, 4.69) is 9.97 Å². The van der Waals surface area contributed by atoms with Gasteiger partial charge in [-0.15, -0.1) is 0 Å². The SMILES string of the molecule is O=[N+]([O-])c1cccc2c1ncc1cnc3ccccc3c12. The van der Waals surface area contributed by atoms with Crippen LogP contribution < -0.4 is 0 Å². The Morgan fingerprint density at radius 2 is 1.67 bits per heavy atom. The van der Waals surface area contributed by atoms with Gasteiger partial charge in [0, 0.05) is 40.0 Å². The molecule has 4 aromatic rings. The van der Waals surface area contributed by atoms with Gasteiger partial charge < -0.3 is 0 Å². The summed E-state index contributed by atoms with van der Waals surface area (Å²) in [5.74, 6) is 0. The van der Waals surface area contributed by atoms with Crippen LogP contribution in [0.15, 0.2) is 54.9 Å². The number of nitro groups is 1. The van der Waals surface area contributed by atoms with Crippen molar-refractivity contribution in [1.29, 1.82) is 0 Å². The van der Waals surface area contributed by atoms with Crippen LogP contribution in [0, 0.1) is 10.1 Å². The van der Waals surface area contributed by atoms with Crippen LogP contribution >= 0.6 is 0 Å². The molecule has 100 valence electrons. The number of aromatic nitrogens is 2. The zero-order chi connectivity index (χ0) is 14.4. The van der Waals surface area contributed by atoms with Crippen LogP contribution in [0.5, 0.6) is 0 Å². The second kappa shape index (κ2) is 4.21. The van der Waals surface area contributed by atoms with E-state index >= 15 is 0 Å². The Morgan fingerprint density at radius 3 is 2.52 bits per heavy atom. The molecule has 0 bridgehead atoms. The Bertz CT molecular complexity index is 1030. The quantitative estimate of drug-likeness (QED) is 0.300. The summed E-state index contributed by atoms with van der Waals surface area (Å²) in [6.45, 7) is 0. The third kappa shape index (κ3) is 1.64. The highest BCUT2D eigenvalue weighted by molar-refractivity contribution is 6.19. The molecular formula is C16H9N3O2.